The van der Waals surface area contributed by atoms with Gasteiger partial charge >= 0.3 is 0 Å². The predicted octanol–water partition coefficient (Wildman–Crippen LogP) is 2.95. The molecule has 1 aliphatic carbocycles. The van der Waals surface area contributed by atoms with Gasteiger partial charge in [-0.15, -0.1) is 0 Å². The number of pyridine rings is 1. The molecule has 0 aliphatic heterocycles. The first-order chi connectivity index (χ1) is 9.83. The van der Waals surface area contributed by atoms with Crippen LogP contribution in [0.25, 0.3) is 5.65 Å². The Hall–Kier alpha value is -2.10. The summed E-state index contributed by atoms with van der Waals surface area (Å²) in [4.78, 5) is 16.3. The molecule has 0 unspecified atom stereocenters. The van der Waals surface area contributed by atoms with E-state index in [-0.39, 0.29) is 5.91 Å². The number of amides is 1. The fraction of sp³-hybridized carbons (Fsp3) is 0.375. The van der Waals surface area contributed by atoms with Gasteiger partial charge in [-0.05, 0) is 44.2 Å². The summed E-state index contributed by atoms with van der Waals surface area (Å²) in [6.45, 7) is 0.715. The number of fused-ring (bicyclic) bond motifs is 1. The third-order valence-corrected chi connectivity index (χ3v) is 3.77. The molecule has 0 radical (unpaired) electrons. The summed E-state index contributed by atoms with van der Waals surface area (Å²) in [6.07, 6.45) is 13.7. The van der Waals surface area contributed by atoms with Crippen LogP contribution in [0.3, 0.4) is 0 Å². The molecule has 0 aromatic carbocycles. The van der Waals surface area contributed by atoms with Gasteiger partial charge in [0.1, 0.15) is 5.65 Å². The first-order valence-electron chi connectivity index (χ1n) is 7.22. The second-order valence-electron chi connectivity index (χ2n) is 5.22. The average Bonchev–Trinajstić information content (AvgIpc) is 2.95. The van der Waals surface area contributed by atoms with Crippen molar-refractivity contribution in [1.29, 1.82) is 0 Å². The van der Waals surface area contributed by atoms with Crippen molar-refractivity contribution in [3.05, 3.63) is 47.9 Å². The second kappa shape index (κ2) is 5.90. The molecule has 0 spiro atoms. The van der Waals surface area contributed by atoms with Gasteiger partial charge in [0, 0.05) is 25.1 Å². The number of carbonyl (C=O) groups is 1. The van der Waals surface area contributed by atoms with E-state index < -0.39 is 0 Å². The lowest BCUT2D eigenvalue weighted by Gasteiger charge is -2.13. The van der Waals surface area contributed by atoms with Gasteiger partial charge in [-0.2, -0.15) is 0 Å². The molecule has 1 amide bonds. The lowest BCUT2D eigenvalue weighted by Crippen LogP contribution is -2.25. The molecule has 1 N–H and O–H groups in total. The van der Waals surface area contributed by atoms with Crippen LogP contribution >= 0.6 is 0 Å². The molecule has 1 aliphatic rings. The minimum absolute atomic E-state index is 0.0167. The fourth-order valence-corrected chi connectivity index (χ4v) is 2.62. The highest BCUT2D eigenvalue weighted by Gasteiger charge is 2.08. The molecular weight excluding hydrogens is 250 g/mol. The van der Waals surface area contributed by atoms with E-state index in [1.807, 2.05) is 28.9 Å². The number of aromatic nitrogens is 2. The third kappa shape index (κ3) is 2.90. The second-order valence-corrected chi connectivity index (χ2v) is 5.22. The molecule has 0 fully saturated rings. The van der Waals surface area contributed by atoms with Crippen LogP contribution in [0.5, 0.6) is 0 Å². The van der Waals surface area contributed by atoms with Crippen molar-refractivity contribution in [3.8, 4) is 0 Å². The lowest BCUT2D eigenvalue weighted by molar-refractivity contribution is 0.0953. The monoisotopic (exact) mass is 269 g/mol. The first-order valence-corrected chi connectivity index (χ1v) is 7.22. The van der Waals surface area contributed by atoms with E-state index in [0.29, 0.717) is 12.1 Å². The van der Waals surface area contributed by atoms with Crippen LogP contribution in [0.15, 0.2) is 42.4 Å². The molecule has 2 aromatic heterocycles. The largest absolute Gasteiger partial charge is 0.352 e. The summed E-state index contributed by atoms with van der Waals surface area (Å²) < 4.78 is 1.86. The highest BCUT2D eigenvalue weighted by molar-refractivity contribution is 5.94. The number of imidazole rings is 1. The van der Waals surface area contributed by atoms with Crippen molar-refractivity contribution >= 4 is 11.6 Å². The minimum atomic E-state index is -0.0167. The Balaban J connectivity index is 1.57. The van der Waals surface area contributed by atoms with Crippen LogP contribution in [0, 0.1) is 0 Å². The number of hydrogen-bond acceptors (Lipinski definition) is 2. The van der Waals surface area contributed by atoms with Gasteiger partial charge in [0.2, 0.25) is 0 Å². The van der Waals surface area contributed by atoms with Crippen LogP contribution in [-0.2, 0) is 0 Å². The van der Waals surface area contributed by atoms with E-state index in [2.05, 4.69) is 16.4 Å². The van der Waals surface area contributed by atoms with Crippen molar-refractivity contribution < 1.29 is 4.79 Å². The fourth-order valence-electron chi connectivity index (χ4n) is 2.62. The van der Waals surface area contributed by atoms with Gasteiger partial charge in [0.05, 0.1) is 5.56 Å². The lowest BCUT2D eigenvalue weighted by atomic mass is 9.97. The smallest absolute Gasteiger partial charge is 0.252 e. The Morgan fingerprint density at radius 2 is 2.30 bits per heavy atom. The maximum absolute atomic E-state index is 12.1. The molecule has 4 heteroatoms. The molecular formula is C16H19N3O. The Bertz CT molecular complexity index is 642. The van der Waals surface area contributed by atoms with Gasteiger partial charge in [-0.3, -0.25) is 4.79 Å². The molecule has 0 saturated heterocycles. The van der Waals surface area contributed by atoms with Gasteiger partial charge in [-0.25, -0.2) is 4.98 Å². The highest BCUT2D eigenvalue weighted by Crippen LogP contribution is 2.19. The summed E-state index contributed by atoms with van der Waals surface area (Å²) in [7, 11) is 0. The number of nitrogens with one attached hydrogen (secondary N) is 1. The van der Waals surface area contributed by atoms with Gasteiger partial charge in [0.15, 0.2) is 0 Å². The Labute approximate surface area is 118 Å². The SMILES string of the molecule is O=C(NCCC1=CCCCC1)c1ccc2nccn2c1. The van der Waals surface area contributed by atoms with Crippen LogP contribution in [-0.4, -0.2) is 21.8 Å². The van der Waals surface area contributed by atoms with E-state index in [4.69, 9.17) is 0 Å². The molecule has 20 heavy (non-hydrogen) atoms. The maximum atomic E-state index is 12.1. The van der Waals surface area contributed by atoms with E-state index >= 15 is 0 Å². The molecule has 104 valence electrons. The van der Waals surface area contributed by atoms with Crippen LogP contribution in [0.2, 0.25) is 0 Å². The van der Waals surface area contributed by atoms with Gasteiger partial charge < -0.3 is 9.72 Å². The van der Waals surface area contributed by atoms with Crippen LogP contribution in [0.1, 0.15) is 42.5 Å². The summed E-state index contributed by atoms with van der Waals surface area (Å²) in [6, 6.07) is 3.68. The molecule has 4 nitrogen and oxygen atoms in total. The standard InChI is InChI=1S/C16H19N3O/c20-16(18-9-8-13-4-2-1-3-5-13)14-6-7-15-17-10-11-19(15)12-14/h4,6-7,10-12H,1-3,5,8-9H2,(H,18,20). The summed E-state index contributed by atoms with van der Waals surface area (Å²) in [5, 5.41) is 2.99. The number of hydrogen-bond donors (Lipinski definition) is 1. The molecule has 2 aromatic rings. The predicted molar refractivity (Wildman–Crippen MR) is 78.7 cm³/mol. The Morgan fingerprint density at radius 3 is 3.15 bits per heavy atom. The zero-order chi connectivity index (χ0) is 13.8. The van der Waals surface area contributed by atoms with Crippen molar-refractivity contribution in [2.75, 3.05) is 6.54 Å². The number of nitrogens with zero attached hydrogens (tertiary/aromatic N) is 2. The molecule has 0 atom stereocenters. The van der Waals surface area contributed by atoms with Crippen molar-refractivity contribution in [2.45, 2.75) is 32.1 Å². The molecule has 3 rings (SSSR count). The molecule has 0 saturated carbocycles. The minimum Gasteiger partial charge on any atom is -0.352 e. The average molecular weight is 269 g/mol. The van der Waals surface area contributed by atoms with Crippen molar-refractivity contribution in [3.63, 3.8) is 0 Å². The maximum Gasteiger partial charge on any atom is 0.252 e. The van der Waals surface area contributed by atoms with Crippen LogP contribution < -0.4 is 5.32 Å². The quantitative estimate of drug-likeness (QED) is 0.867. The Kier molecular flexibility index (Phi) is 3.81. The number of allylic oxidation sites excluding steroid dienone is 1. The normalized spacial score (nSPS) is 15.1. The number of rotatable bonds is 4. The van der Waals surface area contributed by atoms with E-state index in [9.17, 15) is 4.79 Å². The van der Waals surface area contributed by atoms with E-state index in [0.717, 1.165) is 12.1 Å². The van der Waals surface area contributed by atoms with Crippen molar-refractivity contribution in [2.24, 2.45) is 0 Å². The Morgan fingerprint density at radius 1 is 1.35 bits per heavy atom. The highest BCUT2D eigenvalue weighted by atomic mass is 16.1. The number of carbonyl (C=O) groups excluding carboxylic acids is 1. The summed E-state index contributed by atoms with van der Waals surface area (Å²) >= 11 is 0. The molecule has 2 heterocycles. The molecule has 0 bridgehead atoms. The first kappa shape index (κ1) is 12.9. The summed E-state index contributed by atoms with van der Waals surface area (Å²) in [5.41, 5.74) is 3.02. The van der Waals surface area contributed by atoms with E-state index in [1.165, 1.54) is 31.3 Å². The zero-order valence-corrected chi connectivity index (χ0v) is 11.5. The van der Waals surface area contributed by atoms with E-state index in [1.54, 1.807) is 6.20 Å². The topological polar surface area (TPSA) is 46.4 Å². The summed E-state index contributed by atoms with van der Waals surface area (Å²) in [5.74, 6) is -0.0167. The van der Waals surface area contributed by atoms with Gasteiger partial charge in [0.25, 0.3) is 5.91 Å². The van der Waals surface area contributed by atoms with Crippen LogP contribution in [0.4, 0.5) is 0 Å². The van der Waals surface area contributed by atoms with Gasteiger partial charge in [-0.1, -0.05) is 11.6 Å². The van der Waals surface area contributed by atoms with Crippen molar-refractivity contribution in [1.82, 2.24) is 14.7 Å². The third-order valence-electron chi connectivity index (χ3n) is 3.77. The zero-order valence-electron chi connectivity index (χ0n) is 11.5.